The molecule has 0 saturated heterocycles. The molecular weight excluding hydrogens is 268 g/mol. The molecular formula is C12H11BrN2O. The average molecular weight is 279 g/mol. The van der Waals surface area contributed by atoms with Crippen molar-refractivity contribution in [1.29, 1.82) is 0 Å². The van der Waals surface area contributed by atoms with Crippen LogP contribution in [0.5, 0.6) is 5.75 Å². The molecule has 0 unspecified atom stereocenters. The first kappa shape index (κ1) is 11.1. The van der Waals surface area contributed by atoms with Crippen LogP contribution >= 0.6 is 15.9 Å². The number of hydrogen-bond donors (Lipinski definition) is 0. The Hall–Kier alpha value is -1.42. The van der Waals surface area contributed by atoms with E-state index in [1.165, 1.54) is 0 Å². The van der Waals surface area contributed by atoms with Gasteiger partial charge < -0.3 is 4.74 Å². The topological polar surface area (TPSA) is 35.0 Å². The van der Waals surface area contributed by atoms with Crippen molar-refractivity contribution in [3.8, 4) is 5.75 Å². The van der Waals surface area contributed by atoms with Crippen molar-refractivity contribution in [3.63, 3.8) is 0 Å². The lowest BCUT2D eigenvalue weighted by Gasteiger charge is -2.05. The number of rotatable bonds is 4. The predicted octanol–water partition coefficient (Wildman–Crippen LogP) is 2.86. The van der Waals surface area contributed by atoms with Gasteiger partial charge in [-0.3, -0.25) is 9.97 Å². The lowest BCUT2D eigenvalue weighted by atomic mass is 10.3. The highest BCUT2D eigenvalue weighted by Crippen LogP contribution is 2.15. The van der Waals surface area contributed by atoms with Crippen LogP contribution in [0.15, 0.2) is 47.3 Å². The second-order valence-electron chi connectivity index (χ2n) is 3.26. The zero-order valence-electron chi connectivity index (χ0n) is 8.64. The predicted molar refractivity (Wildman–Crippen MR) is 65.4 cm³/mol. The molecule has 0 aliphatic heterocycles. The summed E-state index contributed by atoms with van der Waals surface area (Å²) in [6.45, 7) is 0.606. The van der Waals surface area contributed by atoms with Gasteiger partial charge in [0, 0.05) is 29.0 Å². The van der Waals surface area contributed by atoms with Crippen LogP contribution in [0, 0.1) is 0 Å². The molecule has 2 rings (SSSR count). The van der Waals surface area contributed by atoms with Gasteiger partial charge in [0.05, 0.1) is 12.8 Å². The van der Waals surface area contributed by atoms with Crippen molar-refractivity contribution in [2.24, 2.45) is 0 Å². The van der Waals surface area contributed by atoms with Crippen LogP contribution in [0.4, 0.5) is 0 Å². The molecule has 16 heavy (non-hydrogen) atoms. The highest BCUT2D eigenvalue weighted by atomic mass is 79.9. The normalized spacial score (nSPS) is 10.1. The van der Waals surface area contributed by atoms with E-state index in [4.69, 9.17) is 4.74 Å². The molecule has 4 heteroatoms. The maximum atomic E-state index is 5.56. The number of pyridine rings is 2. The third-order valence-corrected chi connectivity index (χ3v) is 2.47. The summed E-state index contributed by atoms with van der Waals surface area (Å²) in [5, 5.41) is 0. The molecule has 2 aromatic rings. The lowest BCUT2D eigenvalue weighted by Crippen LogP contribution is -2.02. The maximum Gasteiger partial charge on any atom is 0.138 e. The van der Waals surface area contributed by atoms with Crippen LogP contribution in [-0.4, -0.2) is 16.6 Å². The van der Waals surface area contributed by atoms with Crippen molar-refractivity contribution in [2.45, 2.75) is 6.42 Å². The summed E-state index contributed by atoms with van der Waals surface area (Å²) in [5.74, 6) is 0.769. The summed E-state index contributed by atoms with van der Waals surface area (Å²) in [5.41, 5.74) is 1.03. The van der Waals surface area contributed by atoms with E-state index < -0.39 is 0 Å². The quantitative estimate of drug-likeness (QED) is 0.863. The zero-order chi connectivity index (χ0) is 11.2. The van der Waals surface area contributed by atoms with E-state index in [1.807, 2.05) is 24.3 Å². The summed E-state index contributed by atoms with van der Waals surface area (Å²) in [7, 11) is 0. The summed E-state index contributed by atoms with van der Waals surface area (Å²) >= 11 is 3.34. The van der Waals surface area contributed by atoms with Crippen LogP contribution in [0.1, 0.15) is 5.69 Å². The zero-order valence-corrected chi connectivity index (χ0v) is 10.2. The summed E-state index contributed by atoms with van der Waals surface area (Å²) in [6.07, 6.45) is 6.01. The minimum Gasteiger partial charge on any atom is -0.492 e. The molecule has 2 aromatic heterocycles. The van der Waals surface area contributed by atoms with E-state index in [1.54, 1.807) is 18.6 Å². The third kappa shape index (κ3) is 3.31. The fourth-order valence-electron chi connectivity index (χ4n) is 1.29. The Labute approximate surface area is 103 Å². The van der Waals surface area contributed by atoms with Gasteiger partial charge in [-0.05, 0) is 34.1 Å². The Balaban J connectivity index is 1.85. The first-order valence-corrected chi connectivity index (χ1v) is 5.77. The number of hydrogen-bond acceptors (Lipinski definition) is 3. The molecule has 0 bridgehead atoms. The molecule has 0 saturated carbocycles. The monoisotopic (exact) mass is 278 g/mol. The Morgan fingerprint density at radius 1 is 1.25 bits per heavy atom. The van der Waals surface area contributed by atoms with Crippen LogP contribution < -0.4 is 4.74 Å². The Morgan fingerprint density at radius 2 is 2.19 bits per heavy atom. The molecule has 2 heterocycles. The SMILES string of the molecule is Brc1cncc(OCCc2ccccn2)c1. The lowest BCUT2D eigenvalue weighted by molar-refractivity contribution is 0.319. The van der Waals surface area contributed by atoms with Gasteiger partial charge in [0.15, 0.2) is 0 Å². The largest absolute Gasteiger partial charge is 0.492 e. The molecule has 0 aliphatic carbocycles. The van der Waals surface area contributed by atoms with E-state index in [0.717, 1.165) is 22.3 Å². The summed E-state index contributed by atoms with van der Waals surface area (Å²) in [6, 6.07) is 7.76. The second-order valence-corrected chi connectivity index (χ2v) is 4.17. The number of ether oxygens (including phenoxy) is 1. The van der Waals surface area contributed by atoms with Crippen molar-refractivity contribution >= 4 is 15.9 Å². The van der Waals surface area contributed by atoms with E-state index in [0.29, 0.717) is 6.61 Å². The summed E-state index contributed by atoms with van der Waals surface area (Å²) < 4.78 is 6.48. The molecule has 0 aromatic carbocycles. The van der Waals surface area contributed by atoms with Gasteiger partial charge in [-0.25, -0.2) is 0 Å². The highest BCUT2D eigenvalue weighted by Gasteiger charge is 1.97. The van der Waals surface area contributed by atoms with Crippen LogP contribution in [0.3, 0.4) is 0 Å². The molecule has 0 spiro atoms. The van der Waals surface area contributed by atoms with Gasteiger partial charge >= 0.3 is 0 Å². The Morgan fingerprint density at radius 3 is 2.94 bits per heavy atom. The molecule has 0 amide bonds. The molecule has 0 radical (unpaired) electrons. The van der Waals surface area contributed by atoms with Crippen molar-refractivity contribution in [2.75, 3.05) is 6.61 Å². The van der Waals surface area contributed by atoms with Crippen molar-refractivity contribution < 1.29 is 4.74 Å². The van der Waals surface area contributed by atoms with E-state index >= 15 is 0 Å². The standard InChI is InChI=1S/C12H11BrN2O/c13-10-7-12(9-14-8-10)16-6-4-11-3-1-2-5-15-11/h1-3,5,7-9H,4,6H2. The van der Waals surface area contributed by atoms with Gasteiger partial charge in [-0.15, -0.1) is 0 Å². The molecule has 82 valence electrons. The maximum absolute atomic E-state index is 5.56. The highest BCUT2D eigenvalue weighted by molar-refractivity contribution is 9.10. The van der Waals surface area contributed by atoms with Crippen molar-refractivity contribution in [1.82, 2.24) is 9.97 Å². The molecule has 0 N–H and O–H groups in total. The smallest absolute Gasteiger partial charge is 0.138 e. The summed E-state index contributed by atoms with van der Waals surface area (Å²) in [4.78, 5) is 8.24. The average Bonchev–Trinajstić information content (AvgIpc) is 2.30. The minimum absolute atomic E-state index is 0.606. The van der Waals surface area contributed by atoms with Crippen molar-refractivity contribution in [3.05, 3.63) is 53.0 Å². The van der Waals surface area contributed by atoms with E-state index in [2.05, 4.69) is 25.9 Å². The fourth-order valence-corrected chi connectivity index (χ4v) is 1.63. The fraction of sp³-hybridized carbons (Fsp3) is 0.167. The van der Waals surface area contributed by atoms with Gasteiger partial charge in [-0.2, -0.15) is 0 Å². The van der Waals surface area contributed by atoms with E-state index in [9.17, 15) is 0 Å². The van der Waals surface area contributed by atoms with Crippen LogP contribution in [0.2, 0.25) is 0 Å². The second kappa shape index (κ2) is 5.61. The molecule has 0 fully saturated rings. The minimum atomic E-state index is 0.606. The van der Waals surface area contributed by atoms with Crippen LogP contribution in [-0.2, 0) is 6.42 Å². The number of halogens is 1. The molecule has 3 nitrogen and oxygen atoms in total. The molecule has 0 aliphatic rings. The molecule has 0 atom stereocenters. The Bertz CT molecular complexity index is 448. The number of nitrogens with zero attached hydrogens (tertiary/aromatic N) is 2. The van der Waals surface area contributed by atoms with E-state index in [-0.39, 0.29) is 0 Å². The van der Waals surface area contributed by atoms with Gasteiger partial charge in [0.1, 0.15) is 5.75 Å². The third-order valence-electron chi connectivity index (χ3n) is 2.03. The van der Waals surface area contributed by atoms with Gasteiger partial charge in [-0.1, -0.05) is 6.07 Å². The van der Waals surface area contributed by atoms with Gasteiger partial charge in [0.25, 0.3) is 0 Å². The van der Waals surface area contributed by atoms with Crippen LogP contribution in [0.25, 0.3) is 0 Å². The van der Waals surface area contributed by atoms with Gasteiger partial charge in [0.2, 0.25) is 0 Å². The number of aromatic nitrogens is 2. The Kier molecular flexibility index (Phi) is 3.88. The first-order chi connectivity index (χ1) is 7.84. The first-order valence-electron chi connectivity index (χ1n) is 4.98.